The van der Waals surface area contributed by atoms with Crippen LogP contribution in [0, 0.1) is 0 Å². The second-order valence-electron chi connectivity index (χ2n) is 16.4. The van der Waals surface area contributed by atoms with Crippen molar-refractivity contribution in [3.8, 4) is 11.5 Å². The zero-order valence-electron chi connectivity index (χ0n) is 35.5. The van der Waals surface area contributed by atoms with E-state index in [1.807, 2.05) is 50.5 Å². The van der Waals surface area contributed by atoms with Crippen molar-refractivity contribution in [2.45, 2.75) is 47.8 Å². The van der Waals surface area contributed by atoms with Crippen molar-refractivity contribution in [3.05, 3.63) is 186 Å². The van der Waals surface area contributed by atoms with Gasteiger partial charge in [0.15, 0.2) is 0 Å². The van der Waals surface area contributed by atoms with Crippen LogP contribution < -0.4 is 18.5 Å². The van der Waals surface area contributed by atoms with Crippen LogP contribution in [0.15, 0.2) is 131 Å². The summed E-state index contributed by atoms with van der Waals surface area (Å²) in [5.41, 5.74) is 7.31. The monoisotopic (exact) mass is 1010 g/mol. The van der Waals surface area contributed by atoms with Crippen molar-refractivity contribution in [2.24, 2.45) is 0 Å². The first-order valence-corrected chi connectivity index (χ1v) is 27.0. The lowest BCUT2D eigenvalue weighted by Crippen LogP contribution is -2.31. The van der Waals surface area contributed by atoms with Crippen molar-refractivity contribution in [3.63, 3.8) is 0 Å². The Bertz CT molecular complexity index is 2800. The molecule has 0 saturated heterocycles. The summed E-state index contributed by atoms with van der Waals surface area (Å²) < 4.78 is 83.1. The third kappa shape index (κ3) is 11.3. The molecule has 2 aliphatic heterocycles. The van der Waals surface area contributed by atoms with E-state index in [-0.39, 0.29) is 46.2 Å². The maximum absolute atomic E-state index is 13.4. The van der Waals surface area contributed by atoms with Gasteiger partial charge >= 0.3 is 7.60 Å². The van der Waals surface area contributed by atoms with Gasteiger partial charge in [-0.3, -0.25) is 0 Å². The van der Waals surface area contributed by atoms with Crippen molar-refractivity contribution in [2.75, 3.05) is 33.8 Å². The van der Waals surface area contributed by atoms with Crippen LogP contribution in [0.25, 0.3) is 0 Å². The van der Waals surface area contributed by atoms with E-state index in [0.29, 0.717) is 44.3 Å². The molecule has 2 unspecified atom stereocenters. The van der Waals surface area contributed by atoms with Crippen molar-refractivity contribution >= 4 is 74.0 Å². The van der Waals surface area contributed by atoms with Crippen molar-refractivity contribution in [1.29, 1.82) is 0 Å². The average molecular weight is 1010 g/mol. The molecule has 2 atom stereocenters. The minimum atomic E-state index is -3.85. The van der Waals surface area contributed by atoms with E-state index in [9.17, 15) is 21.4 Å². The van der Waals surface area contributed by atoms with Crippen LogP contribution in [0.2, 0.25) is 20.1 Å². The Labute approximate surface area is 400 Å². The van der Waals surface area contributed by atoms with E-state index in [4.69, 9.17) is 55.5 Å². The molecule has 6 aromatic rings. The lowest BCUT2D eigenvalue weighted by atomic mass is 9.85. The fourth-order valence-electron chi connectivity index (χ4n) is 8.28. The van der Waals surface area contributed by atoms with E-state index in [1.165, 1.54) is 6.66 Å². The summed E-state index contributed by atoms with van der Waals surface area (Å²) in [7, 11) is -7.33. The molecular formula is C47H45Cl4N4O7PS2. The second-order valence-corrected chi connectivity index (χ2v) is 23.6. The molecule has 8 rings (SSSR count). The maximum Gasteiger partial charge on any atom is 0.427 e. The number of benzene rings is 6. The molecule has 0 spiro atoms. The maximum atomic E-state index is 13.4. The van der Waals surface area contributed by atoms with E-state index in [0.717, 1.165) is 46.5 Å². The van der Waals surface area contributed by atoms with Gasteiger partial charge in [0, 0.05) is 71.2 Å². The van der Waals surface area contributed by atoms with Crippen LogP contribution in [-0.4, -0.2) is 60.5 Å². The van der Waals surface area contributed by atoms with E-state index < -0.39 is 27.6 Å². The van der Waals surface area contributed by atoms with E-state index in [2.05, 4.69) is 19.2 Å². The normalized spacial score (nSPS) is 17.8. The van der Waals surface area contributed by atoms with Gasteiger partial charge < -0.3 is 18.8 Å². The lowest BCUT2D eigenvalue weighted by molar-refractivity contribution is 0.295. The molecule has 0 saturated carbocycles. The summed E-state index contributed by atoms with van der Waals surface area (Å²) in [6, 6.07) is 34.0. The Morgan fingerprint density at radius 3 is 1.28 bits per heavy atom. The summed E-state index contributed by atoms with van der Waals surface area (Å²) in [6.45, 7) is 4.22. The second kappa shape index (κ2) is 19.3. The Balaban J connectivity index is 0.820. The first-order chi connectivity index (χ1) is 30.8. The van der Waals surface area contributed by atoms with Crippen LogP contribution in [0.5, 0.6) is 11.5 Å². The van der Waals surface area contributed by atoms with Crippen LogP contribution in [-0.2, 0) is 50.8 Å². The third-order valence-electron chi connectivity index (χ3n) is 11.5. The van der Waals surface area contributed by atoms with Gasteiger partial charge in [-0.15, -0.1) is 0 Å². The van der Waals surface area contributed by atoms with Gasteiger partial charge in [-0.1, -0.05) is 94.9 Å². The van der Waals surface area contributed by atoms with E-state index >= 15 is 0 Å². The van der Waals surface area contributed by atoms with Crippen LogP contribution in [0.4, 0.5) is 0 Å². The SMILES string of the molecule is CN1Cc2c(Cl)cc(Cl)cc2C(c2ccc(S(=O)(=O)NCc3ccc(OP(C)(=O)Oc4ccc(CNS(=O)(=O)c5ccc(C6CN(C)Cc7c(Cl)cc(Cl)cc76)cc5)cc4)cc3)cc2)C1. The fraction of sp³-hybridized carbons (Fsp3) is 0.234. The summed E-state index contributed by atoms with van der Waals surface area (Å²) in [6.07, 6.45) is 0. The van der Waals surface area contributed by atoms with Gasteiger partial charge in [0.05, 0.1) is 16.5 Å². The van der Waals surface area contributed by atoms with Crippen molar-refractivity contribution in [1.82, 2.24) is 19.2 Å². The molecule has 11 nitrogen and oxygen atoms in total. The highest BCUT2D eigenvalue weighted by atomic mass is 35.5. The quantitative estimate of drug-likeness (QED) is 0.102. The minimum absolute atomic E-state index is 0.0111. The number of fused-ring (bicyclic) bond motifs is 2. The highest BCUT2D eigenvalue weighted by Gasteiger charge is 2.29. The van der Waals surface area contributed by atoms with Gasteiger partial charge in [0.2, 0.25) is 20.0 Å². The number of hydrogen-bond acceptors (Lipinski definition) is 9. The molecule has 2 aliphatic rings. The highest BCUT2D eigenvalue weighted by molar-refractivity contribution is 7.89. The Hall–Kier alpha value is -3.95. The number of sulfonamides is 2. The number of halogens is 4. The number of likely N-dealkylation sites (N-methyl/N-ethyl adjacent to an activating group) is 2. The molecular weight excluding hydrogens is 969 g/mol. The topological polar surface area (TPSA) is 134 Å². The third-order valence-corrected chi connectivity index (χ3v) is 16.5. The molecule has 0 aromatic heterocycles. The molecule has 6 aromatic carbocycles. The minimum Gasteiger partial charge on any atom is -0.416 e. The first-order valence-electron chi connectivity index (χ1n) is 20.5. The van der Waals surface area contributed by atoms with Gasteiger partial charge in [-0.2, -0.15) is 0 Å². The standard InChI is InChI=1S/C47H45Cl4N4O7PS2/c1-54-26-42(40-20-34(48)22-46(50)44(40)28-54)32-8-16-38(17-9-32)64(57,58)52-24-30-4-12-36(13-5-30)61-63(3,56)62-37-14-6-31(7-15-37)25-53-65(59,60)39-18-10-33(11-19-39)43-27-55(2)29-45-41(43)21-35(49)23-47(45)51/h4-23,42-43,52-53H,24-29H2,1-3H3. The summed E-state index contributed by atoms with van der Waals surface area (Å²) in [4.78, 5) is 4.60. The Kier molecular flexibility index (Phi) is 14.1. The number of rotatable bonds is 14. The summed E-state index contributed by atoms with van der Waals surface area (Å²) >= 11 is 25.7. The highest BCUT2D eigenvalue weighted by Crippen LogP contribution is 2.45. The molecule has 0 amide bonds. The zero-order valence-corrected chi connectivity index (χ0v) is 41.0. The number of hydrogen-bond donors (Lipinski definition) is 2. The molecule has 0 radical (unpaired) electrons. The molecule has 340 valence electrons. The number of nitrogens with one attached hydrogen (secondary N) is 2. The molecule has 0 bridgehead atoms. The largest absolute Gasteiger partial charge is 0.427 e. The van der Waals surface area contributed by atoms with Crippen molar-refractivity contribution < 1.29 is 30.4 Å². The molecule has 18 heteroatoms. The zero-order chi connectivity index (χ0) is 46.3. The molecule has 0 fully saturated rings. The Morgan fingerprint density at radius 1 is 0.569 bits per heavy atom. The molecule has 2 heterocycles. The van der Waals surface area contributed by atoms with E-state index in [1.54, 1.807) is 84.9 Å². The van der Waals surface area contributed by atoms with Gasteiger partial charge in [0.25, 0.3) is 0 Å². The molecule has 2 N–H and O–H groups in total. The van der Waals surface area contributed by atoms with Gasteiger partial charge in [0.1, 0.15) is 11.5 Å². The predicted molar refractivity (Wildman–Crippen MR) is 258 cm³/mol. The van der Waals surface area contributed by atoms with Crippen LogP contribution in [0.1, 0.15) is 56.3 Å². The fourth-order valence-corrected chi connectivity index (χ4v) is 12.5. The average Bonchev–Trinajstić information content (AvgIpc) is 3.26. The predicted octanol–water partition coefficient (Wildman–Crippen LogP) is 10.7. The lowest BCUT2D eigenvalue weighted by Gasteiger charge is -2.33. The molecule has 65 heavy (non-hydrogen) atoms. The van der Waals surface area contributed by atoms with Gasteiger partial charge in [-0.25, -0.2) is 30.8 Å². The smallest absolute Gasteiger partial charge is 0.416 e. The first kappa shape index (κ1) is 47.5. The van der Waals surface area contributed by atoms with Gasteiger partial charge in [-0.05, 0) is 131 Å². The summed E-state index contributed by atoms with van der Waals surface area (Å²) in [5.74, 6) is 0.480. The Morgan fingerprint density at radius 2 is 0.923 bits per heavy atom. The van der Waals surface area contributed by atoms with Crippen LogP contribution in [0.3, 0.4) is 0 Å². The van der Waals surface area contributed by atoms with Crippen LogP contribution >= 0.6 is 54.0 Å². The molecule has 0 aliphatic carbocycles. The summed E-state index contributed by atoms with van der Waals surface area (Å²) in [5, 5.41) is 2.34. The number of nitrogens with zero attached hydrogens (tertiary/aromatic N) is 2.